The lowest BCUT2D eigenvalue weighted by Gasteiger charge is -2.23. The van der Waals surface area contributed by atoms with Crippen molar-refractivity contribution in [3.05, 3.63) is 0 Å². The lowest BCUT2D eigenvalue weighted by molar-refractivity contribution is -0.164. The van der Waals surface area contributed by atoms with E-state index in [-0.39, 0.29) is 6.04 Å². The minimum absolute atomic E-state index is 0.127. The van der Waals surface area contributed by atoms with Gasteiger partial charge in [-0.1, -0.05) is 0 Å². The van der Waals surface area contributed by atoms with Crippen LogP contribution < -0.4 is 5.32 Å². The normalized spacial score (nSPS) is 29.0. The molecule has 0 bridgehead atoms. The van der Waals surface area contributed by atoms with Crippen molar-refractivity contribution in [1.29, 1.82) is 0 Å². The van der Waals surface area contributed by atoms with Crippen molar-refractivity contribution in [1.82, 2.24) is 5.32 Å². The molecule has 0 aromatic carbocycles. The first-order chi connectivity index (χ1) is 4.11. The summed E-state index contributed by atoms with van der Waals surface area (Å²) >= 11 is 0. The second-order valence-corrected chi connectivity index (χ2v) is 2.74. The minimum atomic E-state index is -1.53. The third kappa shape index (κ3) is 1.64. The number of nitrogens with one attached hydrogen (secondary N) is 1. The van der Waals surface area contributed by atoms with E-state index < -0.39 is 5.79 Å². The molecule has 0 aromatic heterocycles. The maximum atomic E-state index is 9.01. The van der Waals surface area contributed by atoms with Crippen LogP contribution in [-0.4, -0.2) is 28.6 Å². The SMILES string of the molecule is CC(O)(O)C1CCCN1. The lowest BCUT2D eigenvalue weighted by atomic mass is 10.1. The molecule has 3 N–H and O–H groups in total. The van der Waals surface area contributed by atoms with Gasteiger partial charge in [-0.15, -0.1) is 0 Å². The van der Waals surface area contributed by atoms with Gasteiger partial charge in [-0.25, -0.2) is 0 Å². The first-order valence-corrected chi connectivity index (χ1v) is 3.29. The van der Waals surface area contributed by atoms with Crippen molar-refractivity contribution in [2.75, 3.05) is 6.54 Å². The van der Waals surface area contributed by atoms with Gasteiger partial charge in [0.15, 0.2) is 5.79 Å². The van der Waals surface area contributed by atoms with Crippen molar-refractivity contribution < 1.29 is 10.2 Å². The summed E-state index contributed by atoms with van der Waals surface area (Å²) in [5.74, 6) is -1.53. The molecule has 9 heavy (non-hydrogen) atoms. The van der Waals surface area contributed by atoms with E-state index in [1.54, 1.807) is 0 Å². The van der Waals surface area contributed by atoms with Crippen LogP contribution >= 0.6 is 0 Å². The molecule has 0 amide bonds. The van der Waals surface area contributed by atoms with E-state index in [4.69, 9.17) is 10.2 Å². The molecular weight excluding hydrogens is 118 g/mol. The highest BCUT2D eigenvalue weighted by Crippen LogP contribution is 2.15. The van der Waals surface area contributed by atoms with E-state index >= 15 is 0 Å². The number of hydrogen-bond donors (Lipinski definition) is 3. The molecule has 1 fully saturated rings. The maximum absolute atomic E-state index is 9.01. The summed E-state index contributed by atoms with van der Waals surface area (Å²) in [6.07, 6.45) is 1.91. The zero-order valence-corrected chi connectivity index (χ0v) is 5.59. The van der Waals surface area contributed by atoms with Gasteiger partial charge in [0.05, 0.1) is 6.04 Å². The number of hydrogen-bond acceptors (Lipinski definition) is 3. The lowest BCUT2D eigenvalue weighted by Crippen LogP contribution is -2.44. The Morgan fingerprint density at radius 3 is 2.44 bits per heavy atom. The van der Waals surface area contributed by atoms with Gasteiger partial charge in [-0.3, -0.25) is 0 Å². The van der Waals surface area contributed by atoms with E-state index in [1.807, 2.05) is 0 Å². The van der Waals surface area contributed by atoms with Crippen LogP contribution in [0.15, 0.2) is 0 Å². The van der Waals surface area contributed by atoms with Gasteiger partial charge in [-0.2, -0.15) is 0 Å². The smallest absolute Gasteiger partial charge is 0.175 e. The van der Waals surface area contributed by atoms with E-state index in [0.717, 1.165) is 19.4 Å². The van der Waals surface area contributed by atoms with Crippen molar-refractivity contribution in [3.8, 4) is 0 Å². The van der Waals surface area contributed by atoms with Gasteiger partial charge < -0.3 is 15.5 Å². The zero-order chi connectivity index (χ0) is 6.91. The van der Waals surface area contributed by atoms with Crippen LogP contribution in [0, 0.1) is 0 Å². The van der Waals surface area contributed by atoms with Gasteiger partial charge in [0.25, 0.3) is 0 Å². The molecule has 1 rings (SSSR count). The Kier molecular flexibility index (Phi) is 1.75. The maximum Gasteiger partial charge on any atom is 0.175 e. The Morgan fingerprint density at radius 2 is 2.22 bits per heavy atom. The molecular formula is C6H13NO2. The third-order valence-electron chi connectivity index (χ3n) is 1.72. The Bertz CT molecular complexity index is 91.7. The Hall–Kier alpha value is -0.120. The van der Waals surface area contributed by atoms with Crippen LogP contribution in [0.4, 0.5) is 0 Å². The summed E-state index contributed by atoms with van der Waals surface area (Å²) < 4.78 is 0. The Labute approximate surface area is 54.7 Å². The van der Waals surface area contributed by atoms with Gasteiger partial charge >= 0.3 is 0 Å². The van der Waals surface area contributed by atoms with Crippen molar-refractivity contribution in [2.24, 2.45) is 0 Å². The molecule has 1 unspecified atom stereocenters. The molecule has 54 valence electrons. The highest BCUT2D eigenvalue weighted by Gasteiger charge is 2.30. The van der Waals surface area contributed by atoms with Gasteiger partial charge in [0, 0.05) is 0 Å². The molecule has 1 aliphatic rings. The van der Waals surface area contributed by atoms with E-state index in [9.17, 15) is 0 Å². The summed E-state index contributed by atoms with van der Waals surface area (Å²) in [5, 5.41) is 21.0. The first-order valence-electron chi connectivity index (χ1n) is 3.29. The molecule has 0 radical (unpaired) electrons. The summed E-state index contributed by atoms with van der Waals surface area (Å²) in [5.41, 5.74) is 0. The highest BCUT2D eigenvalue weighted by atomic mass is 16.5. The van der Waals surface area contributed by atoms with Crippen LogP contribution in [0.25, 0.3) is 0 Å². The predicted molar refractivity (Wildman–Crippen MR) is 33.9 cm³/mol. The van der Waals surface area contributed by atoms with Crippen LogP contribution in [0.3, 0.4) is 0 Å². The van der Waals surface area contributed by atoms with Crippen LogP contribution in [0.1, 0.15) is 19.8 Å². The molecule has 3 heteroatoms. The van der Waals surface area contributed by atoms with E-state index in [0.29, 0.717) is 0 Å². The average molecular weight is 131 g/mol. The molecule has 1 heterocycles. The quantitative estimate of drug-likeness (QED) is 0.418. The van der Waals surface area contributed by atoms with Gasteiger partial charge in [0.2, 0.25) is 0 Å². The third-order valence-corrected chi connectivity index (χ3v) is 1.72. The molecule has 1 atom stereocenters. The fourth-order valence-electron chi connectivity index (χ4n) is 1.15. The molecule has 0 aliphatic carbocycles. The molecule has 0 saturated carbocycles. The second kappa shape index (κ2) is 2.25. The average Bonchev–Trinajstić information content (AvgIpc) is 2.08. The fourth-order valence-corrected chi connectivity index (χ4v) is 1.15. The predicted octanol–water partition coefficient (Wildman–Crippen LogP) is -0.561. The molecule has 3 nitrogen and oxygen atoms in total. The number of rotatable bonds is 1. The summed E-state index contributed by atoms with van der Waals surface area (Å²) in [6, 6.07) is -0.127. The largest absolute Gasteiger partial charge is 0.365 e. The monoisotopic (exact) mass is 131 g/mol. The molecule has 1 saturated heterocycles. The van der Waals surface area contributed by atoms with Crippen LogP contribution in [0.5, 0.6) is 0 Å². The van der Waals surface area contributed by atoms with Crippen molar-refractivity contribution >= 4 is 0 Å². The van der Waals surface area contributed by atoms with Crippen LogP contribution in [-0.2, 0) is 0 Å². The fraction of sp³-hybridized carbons (Fsp3) is 1.00. The standard InChI is InChI=1S/C6H13NO2/c1-6(8,9)5-3-2-4-7-5/h5,7-9H,2-4H2,1H3. The van der Waals surface area contributed by atoms with E-state index in [1.165, 1.54) is 6.92 Å². The van der Waals surface area contributed by atoms with Gasteiger partial charge in [-0.05, 0) is 26.3 Å². The summed E-state index contributed by atoms with van der Waals surface area (Å²) in [7, 11) is 0. The Balaban J connectivity index is 2.42. The van der Waals surface area contributed by atoms with E-state index in [2.05, 4.69) is 5.32 Å². The topological polar surface area (TPSA) is 52.5 Å². The van der Waals surface area contributed by atoms with Crippen LogP contribution in [0.2, 0.25) is 0 Å². The Morgan fingerprint density at radius 1 is 1.56 bits per heavy atom. The van der Waals surface area contributed by atoms with Crippen molar-refractivity contribution in [2.45, 2.75) is 31.6 Å². The second-order valence-electron chi connectivity index (χ2n) is 2.74. The summed E-state index contributed by atoms with van der Waals surface area (Å²) in [6.45, 7) is 2.32. The van der Waals surface area contributed by atoms with Gasteiger partial charge in [0.1, 0.15) is 0 Å². The molecule has 1 aliphatic heterocycles. The first kappa shape index (κ1) is 6.99. The molecule has 0 spiro atoms. The zero-order valence-electron chi connectivity index (χ0n) is 5.59. The highest BCUT2D eigenvalue weighted by molar-refractivity contribution is 4.82. The summed E-state index contributed by atoms with van der Waals surface area (Å²) in [4.78, 5) is 0. The van der Waals surface area contributed by atoms with Crippen molar-refractivity contribution in [3.63, 3.8) is 0 Å². The minimum Gasteiger partial charge on any atom is -0.365 e. The molecule has 0 aromatic rings. The number of aliphatic hydroxyl groups is 2.